The predicted octanol–water partition coefficient (Wildman–Crippen LogP) is 3.35. The second-order valence-corrected chi connectivity index (χ2v) is 7.28. The molecule has 26 heavy (non-hydrogen) atoms. The number of hydrogen-bond donors (Lipinski definition) is 3. The third kappa shape index (κ3) is 4.63. The second kappa shape index (κ2) is 8.35. The van der Waals surface area contributed by atoms with E-state index < -0.39 is 0 Å². The first-order valence-electron chi connectivity index (χ1n) is 8.52. The van der Waals surface area contributed by atoms with Gasteiger partial charge in [-0.1, -0.05) is 6.07 Å². The highest BCUT2D eigenvalue weighted by Crippen LogP contribution is 2.27. The number of aliphatic hydroxyl groups is 1. The van der Waals surface area contributed by atoms with Crippen molar-refractivity contribution in [1.29, 1.82) is 0 Å². The topological polar surface area (TPSA) is 83.0 Å². The van der Waals surface area contributed by atoms with Gasteiger partial charge in [-0.3, -0.25) is 0 Å². The normalized spacial score (nSPS) is 10.9. The quantitative estimate of drug-likeness (QED) is 0.554. The van der Waals surface area contributed by atoms with E-state index in [-0.39, 0.29) is 6.61 Å². The fraction of sp³-hybridized carbons (Fsp3) is 0.316. The Kier molecular flexibility index (Phi) is 5.92. The van der Waals surface area contributed by atoms with Gasteiger partial charge in [-0.25, -0.2) is 15.0 Å². The van der Waals surface area contributed by atoms with E-state index in [9.17, 15) is 0 Å². The van der Waals surface area contributed by atoms with Crippen LogP contribution in [0.5, 0.6) is 0 Å². The van der Waals surface area contributed by atoms with Crippen molar-refractivity contribution in [2.24, 2.45) is 0 Å². The molecule has 2 aromatic heterocycles. The van der Waals surface area contributed by atoms with Crippen LogP contribution in [0.15, 0.2) is 30.5 Å². The standard InChI is InChI=1S/C19H23N5OS/c1-12-8-13(2)10-15(9-12)23-19-21-5-4-16(24-19)18-22-14(3)17(26-18)11-20-6-7-25/h4-5,8-10,20,25H,6-7,11H2,1-3H3,(H,21,23,24). The largest absolute Gasteiger partial charge is 0.395 e. The van der Waals surface area contributed by atoms with Gasteiger partial charge in [0.1, 0.15) is 10.7 Å². The average molecular weight is 369 g/mol. The molecule has 6 nitrogen and oxygen atoms in total. The number of nitrogens with one attached hydrogen (secondary N) is 2. The van der Waals surface area contributed by atoms with Crippen LogP contribution in [0.25, 0.3) is 10.7 Å². The van der Waals surface area contributed by atoms with Crippen molar-refractivity contribution in [3.05, 3.63) is 52.2 Å². The minimum atomic E-state index is 0.129. The van der Waals surface area contributed by atoms with Crippen LogP contribution in [0.4, 0.5) is 11.6 Å². The summed E-state index contributed by atoms with van der Waals surface area (Å²) in [5.74, 6) is 0.556. The number of anilines is 2. The van der Waals surface area contributed by atoms with Crippen molar-refractivity contribution >= 4 is 23.0 Å². The molecule has 136 valence electrons. The molecule has 0 fully saturated rings. The molecule has 3 N–H and O–H groups in total. The molecule has 0 spiro atoms. The van der Waals surface area contributed by atoms with Gasteiger partial charge in [-0.05, 0) is 50.1 Å². The van der Waals surface area contributed by atoms with E-state index in [1.165, 1.54) is 11.1 Å². The van der Waals surface area contributed by atoms with Crippen molar-refractivity contribution in [1.82, 2.24) is 20.3 Å². The minimum Gasteiger partial charge on any atom is -0.395 e. The first-order valence-corrected chi connectivity index (χ1v) is 9.33. The first-order chi connectivity index (χ1) is 12.5. The van der Waals surface area contributed by atoms with Crippen LogP contribution in [0.1, 0.15) is 21.7 Å². The highest BCUT2D eigenvalue weighted by Gasteiger charge is 2.11. The van der Waals surface area contributed by atoms with E-state index in [1.54, 1.807) is 17.5 Å². The van der Waals surface area contributed by atoms with Gasteiger partial charge in [0.2, 0.25) is 5.95 Å². The second-order valence-electron chi connectivity index (χ2n) is 6.19. The maximum absolute atomic E-state index is 8.88. The lowest BCUT2D eigenvalue weighted by Gasteiger charge is -2.07. The van der Waals surface area contributed by atoms with Crippen LogP contribution in [0.2, 0.25) is 0 Å². The van der Waals surface area contributed by atoms with Gasteiger partial charge in [0, 0.05) is 29.9 Å². The number of benzene rings is 1. The van der Waals surface area contributed by atoms with E-state index in [4.69, 9.17) is 5.11 Å². The smallest absolute Gasteiger partial charge is 0.227 e. The molecule has 0 radical (unpaired) electrons. The van der Waals surface area contributed by atoms with Gasteiger partial charge in [0.25, 0.3) is 0 Å². The molecule has 0 saturated carbocycles. The summed E-state index contributed by atoms with van der Waals surface area (Å²) in [6.45, 7) is 7.53. The predicted molar refractivity (Wildman–Crippen MR) is 106 cm³/mol. The van der Waals surface area contributed by atoms with Crippen molar-refractivity contribution in [2.45, 2.75) is 27.3 Å². The van der Waals surface area contributed by atoms with Crippen LogP contribution in [-0.4, -0.2) is 33.2 Å². The summed E-state index contributed by atoms with van der Waals surface area (Å²) in [6.07, 6.45) is 1.74. The van der Waals surface area contributed by atoms with Crippen molar-refractivity contribution in [3.8, 4) is 10.7 Å². The molecule has 3 aromatic rings. The number of hydrogen-bond acceptors (Lipinski definition) is 7. The minimum absolute atomic E-state index is 0.129. The number of rotatable bonds is 7. The Balaban J connectivity index is 1.80. The monoisotopic (exact) mass is 369 g/mol. The van der Waals surface area contributed by atoms with Gasteiger partial charge in [0.15, 0.2) is 0 Å². The Labute approximate surface area is 157 Å². The molecule has 0 unspecified atom stereocenters. The summed E-state index contributed by atoms with van der Waals surface area (Å²) < 4.78 is 0. The molecule has 3 rings (SSSR count). The van der Waals surface area contributed by atoms with Crippen LogP contribution in [-0.2, 0) is 6.54 Å². The zero-order chi connectivity index (χ0) is 18.5. The van der Waals surface area contributed by atoms with E-state index >= 15 is 0 Å². The Hall–Kier alpha value is -2.35. The lowest BCUT2D eigenvalue weighted by Crippen LogP contribution is -2.17. The van der Waals surface area contributed by atoms with Gasteiger partial charge in [0.05, 0.1) is 12.3 Å². The molecular weight excluding hydrogens is 346 g/mol. The SMILES string of the molecule is Cc1cc(C)cc(Nc2nccc(-c3nc(C)c(CNCCO)s3)n2)c1. The summed E-state index contributed by atoms with van der Waals surface area (Å²) in [7, 11) is 0. The third-order valence-corrected chi connectivity index (χ3v) is 5.00. The molecule has 0 aliphatic heterocycles. The van der Waals surface area contributed by atoms with Gasteiger partial charge in [-0.2, -0.15) is 0 Å². The Morgan fingerprint density at radius 2 is 1.85 bits per heavy atom. The van der Waals surface area contributed by atoms with Crippen LogP contribution >= 0.6 is 11.3 Å². The number of thiazole rings is 1. The molecule has 1 aromatic carbocycles. The number of aryl methyl sites for hydroxylation is 3. The van der Waals surface area contributed by atoms with Gasteiger partial charge < -0.3 is 15.7 Å². The summed E-state index contributed by atoms with van der Waals surface area (Å²) >= 11 is 1.61. The van der Waals surface area contributed by atoms with Crippen LogP contribution in [0, 0.1) is 20.8 Å². The van der Waals surface area contributed by atoms with Crippen molar-refractivity contribution in [3.63, 3.8) is 0 Å². The van der Waals surface area contributed by atoms with Crippen molar-refractivity contribution < 1.29 is 5.11 Å². The van der Waals surface area contributed by atoms with E-state index in [0.29, 0.717) is 19.0 Å². The van der Waals surface area contributed by atoms with Crippen molar-refractivity contribution in [2.75, 3.05) is 18.5 Å². The molecule has 0 atom stereocenters. The highest BCUT2D eigenvalue weighted by molar-refractivity contribution is 7.15. The fourth-order valence-electron chi connectivity index (χ4n) is 2.70. The lowest BCUT2D eigenvalue weighted by molar-refractivity contribution is 0.292. The van der Waals surface area contributed by atoms with E-state index in [2.05, 4.69) is 57.6 Å². The van der Waals surface area contributed by atoms with E-state index in [1.807, 2.05) is 13.0 Å². The number of aromatic nitrogens is 3. The summed E-state index contributed by atoms with van der Waals surface area (Å²) in [5, 5.41) is 16.2. The van der Waals surface area contributed by atoms with Crippen LogP contribution in [0.3, 0.4) is 0 Å². The Morgan fingerprint density at radius 1 is 1.08 bits per heavy atom. The van der Waals surface area contributed by atoms with Crippen LogP contribution < -0.4 is 10.6 Å². The summed E-state index contributed by atoms with van der Waals surface area (Å²) in [6, 6.07) is 8.14. The van der Waals surface area contributed by atoms with Gasteiger partial charge >= 0.3 is 0 Å². The lowest BCUT2D eigenvalue weighted by atomic mass is 10.1. The average Bonchev–Trinajstić information content (AvgIpc) is 2.95. The first kappa shape index (κ1) is 18.4. The molecule has 0 aliphatic rings. The number of aliphatic hydroxyl groups excluding tert-OH is 1. The van der Waals surface area contributed by atoms with Gasteiger partial charge in [-0.15, -0.1) is 11.3 Å². The summed E-state index contributed by atoms with van der Waals surface area (Å²) in [5.41, 5.74) is 5.15. The molecule has 0 aliphatic carbocycles. The zero-order valence-electron chi connectivity index (χ0n) is 15.2. The zero-order valence-corrected chi connectivity index (χ0v) is 16.0. The molecule has 0 amide bonds. The fourth-order valence-corrected chi connectivity index (χ4v) is 3.70. The number of nitrogens with zero attached hydrogens (tertiary/aromatic N) is 3. The molecule has 2 heterocycles. The molecule has 7 heteroatoms. The molecule has 0 saturated heterocycles. The Bertz CT molecular complexity index is 873. The molecule has 0 bridgehead atoms. The maximum atomic E-state index is 8.88. The summed E-state index contributed by atoms with van der Waals surface area (Å²) in [4.78, 5) is 14.7. The maximum Gasteiger partial charge on any atom is 0.227 e. The van der Waals surface area contributed by atoms with E-state index in [0.717, 1.165) is 27.0 Å². The molecular formula is C19H23N5OS. The third-order valence-electron chi connectivity index (χ3n) is 3.82. The highest BCUT2D eigenvalue weighted by atomic mass is 32.1. The Morgan fingerprint density at radius 3 is 2.58 bits per heavy atom.